The third-order valence-electron chi connectivity index (χ3n) is 1.91. The number of rotatable bonds is 3. The summed E-state index contributed by atoms with van der Waals surface area (Å²) in [6, 6.07) is 4.39. The lowest BCUT2D eigenvalue weighted by atomic mass is 10.1. The lowest BCUT2D eigenvalue weighted by Gasteiger charge is -2.20. The maximum atomic E-state index is 8.60. The molecular formula is C9H13N3. The van der Waals surface area contributed by atoms with Crippen LogP contribution in [0.25, 0.3) is 0 Å². The Hall–Kier alpha value is -1.27. The molecule has 1 rings (SSSR count). The molecule has 3 heteroatoms. The molecule has 0 aliphatic carbocycles. The van der Waals surface area contributed by atoms with Gasteiger partial charge >= 0.3 is 0 Å². The molecule has 0 radical (unpaired) electrons. The Kier molecular flexibility index (Phi) is 2.89. The van der Waals surface area contributed by atoms with E-state index in [-0.39, 0.29) is 6.04 Å². The van der Waals surface area contributed by atoms with Crippen LogP contribution < -0.4 is 0 Å². The highest BCUT2D eigenvalue weighted by molar-refractivity contribution is 5.15. The number of nitrogens with zero attached hydrogens (tertiary/aromatic N) is 2. The Morgan fingerprint density at radius 3 is 2.83 bits per heavy atom. The van der Waals surface area contributed by atoms with Crippen LogP contribution in [0.15, 0.2) is 18.5 Å². The Morgan fingerprint density at radius 2 is 2.42 bits per heavy atom. The summed E-state index contributed by atoms with van der Waals surface area (Å²) < 4.78 is 0. The molecule has 1 unspecified atom stereocenters. The number of aromatic nitrogens is 1. The van der Waals surface area contributed by atoms with E-state index in [0.717, 1.165) is 0 Å². The standard InChI is InChI=1S/C9H13N3/c1-12(2)9(3-5-10)8-4-6-11-7-8/h4,6-7,9,11H,3H2,1-2H3. The van der Waals surface area contributed by atoms with Crippen molar-refractivity contribution in [3.63, 3.8) is 0 Å². The first-order chi connectivity index (χ1) is 5.75. The van der Waals surface area contributed by atoms with Gasteiger partial charge in [0.05, 0.1) is 12.5 Å². The summed E-state index contributed by atoms with van der Waals surface area (Å²) in [6.45, 7) is 0. The third-order valence-corrected chi connectivity index (χ3v) is 1.91. The van der Waals surface area contributed by atoms with E-state index in [1.165, 1.54) is 5.56 Å². The van der Waals surface area contributed by atoms with E-state index in [0.29, 0.717) is 6.42 Å². The molecule has 3 nitrogen and oxygen atoms in total. The molecule has 1 atom stereocenters. The molecule has 0 aromatic carbocycles. The minimum absolute atomic E-state index is 0.209. The average molecular weight is 163 g/mol. The zero-order chi connectivity index (χ0) is 8.97. The largest absolute Gasteiger partial charge is 0.367 e. The molecule has 0 saturated heterocycles. The molecule has 1 N–H and O–H groups in total. The van der Waals surface area contributed by atoms with Crippen LogP contribution in [0.5, 0.6) is 0 Å². The van der Waals surface area contributed by atoms with Gasteiger partial charge in [-0.3, -0.25) is 0 Å². The van der Waals surface area contributed by atoms with Crippen molar-refractivity contribution in [2.75, 3.05) is 14.1 Å². The molecule has 12 heavy (non-hydrogen) atoms. The second-order valence-electron chi connectivity index (χ2n) is 2.99. The molecule has 64 valence electrons. The Labute approximate surface area is 72.6 Å². The van der Waals surface area contributed by atoms with Gasteiger partial charge in [0.25, 0.3) is 0 Å². The van der Waals surface area contributed by atoms with Gasteiger partial charge in [-0.25, -0.2) is 0 Å². The summed E-state index contributed by atoms with van der Waals surface area (Å²) in [5, 5.41) is 8.60. The SMILES string of the molecule is CN(C)C(CC#N)c1cc[nH]c1. The van der Waals surface area contributed by atoms with E-state index in [2.05, 4.69) is 11.1 Å². The van der Waals surface area contributed by atoms with Crippen LogP contribution >= 0.6 is 0 Å². The Balaban J connectivity index is 2.75. The van der Waals surface area contributed by atoms with Crippen molar-refractivity contribution in [2.24, 2.45) is 0 Å². The lowest BCUT2D eigenvalue weighted by Crippen LogP contribution is -2.18. The van der Waals surface area contributed by atoms with Gasteiger partial charge in [0.15, 0.2) is 0 Å². The van der Waals surface area contributed by atoms with Crippen molar-refractivity contribution in [3.05, 3.63) is 24.0 Å². The average Bonchev–Trinajstić information content (AvgIpc) is 2.51. The van der Waals surface area contributed by atoms with Gasteiger partial charge in [-0.05, 0) is 25.7 Å². The van der Waals surface area contributed by atoms with Gasteiger partial charge in [0, 0.05) is 18.4 Å². The zero-order valence-corrected chi connectivity index (χ0v) is 7.41. The maximum absolute atomic E-state index is 8.60. The van der Waals surface area contributed by atoms with Crippen molar-refractivity contribution in [2.45, 2.75) is 12.5 Å². The quantitative estimate of drug-likeness (QED) is 0.734. The second kappa shape index (κ2) is 3.93. The monoisotopic (exact) mass is 163 g/mol. The van der Waals surface area contributed by atoms with Crippen molar-refractivity contribution < 1.29 is 0 Å². The fourth-order valence-corrected chi connectivity index (χ4v) is 1.23. The lowest BCUT2D eigenvalue weighted by molar-refractivity contribution is 0.303. The van der Waals surface area contributed by atoms with Crippen LogP contribution in [0.4, 0.5) is 0 Å². The fraction of sp³-hybridized carbons (Fsp3) is 0.444. The number of nitrogens with one attached hydrogen (secondary N) is 1. The van der Waals surface area contributed by atoms with Gasteiger partial charge in [-0.1, -0.05) is 0 Å². The van der Waals surface area contributed by atoms with E-state index in [9.17, 15) is 0 Å². The van der Waals surface area contributed by atoms with E-state index < -0.39 is 0 Å². The van der Waals surface area contributed by atoms with Crippen LogP contribution in [-0.2, 0) is 0 Å². The normalized spacial score (nSPS) is 12.8. The number of H-pyrrole nitrogens is 1. The highest BCUT2D eigenvalue weighted by Gasteiger charge is 2.12. The summed E-state index contributed by atoms with van der Waals surface area (Å²) >= 11 is 0. The van der Waals surface area contributed by atoms with E-state index >= 15 is 0 Å². The van der Waals surface area contributed by atoms with Crippen LogP contribution in [0.3, 0.4) is 0 Å². The molecule has 0 amide bonds. The maximum Gasteiger partial charge on any atom is 0.0641 e. The fourth-order valence-electron chi connectivity index (χ4n) is 1.23. The Morgan fingerprint density at radius 1 is 1.67 bits per heavy atom. The predicted octanol–water partition coefficient (Wildman–Crippen LogP) is 1.53. The van der Waals surface area contributed by atoms with Crippen LogP contribution in [-0.4, -0.2) is 24.0 Å². The number of aromatic amines is 1. The van der Waals surface area contributed by atoms with Crippen molar-refractivity contribution >= 4 is 0 Å². The molecule has 0 bridgehead atoms. The number of hydrogen-bond acceptors (Lipinski definition) is 2. The summed E-state index contributed by atoms with van der Waals surface area (Å²) in [7, 11) is 3.96. The van der Waals surface area contributed by atoms with Gasteiger partial charge < -0.3 is 9.88 Å². The van der Waals surface area contributed by atoms with E-state index in [1.807, 2.05) is 37.5 Å². The third kappa shape index (κ3) is 1.86. The van der Waals surface area contributed by atoms with E-state index in [1.54, 1.807) is 0 Å². The molecule has 0 aliphatic heterocycles. The molecule has 1 aromatic heterocycles. The first-order valence-corrected chi connectivity index (χ1v) is 3.91. The second-order valence-corrected chi connectivity index (χ2v) is 2.99. The summed E-state index contributed by atoms with van der Waals surface area (Å²) in [5.41, 5.74) is 1.17. The van der Waals surface area contributed by atoms with Crippen molar-refractivity contribution in [3.8, 4) is 6.07 Å². The molecular weight excluding hydrogens is 150 g/mol. The van der Waals surface area contributed by atoms with Crippen LogP contribution in [0.2, 0.25) is 0 Å². The smallest absolute Gasteiger partial charge is 0.0641 e. The van der Waals surface area contributed by atoms with E-state index in [4.69, 9.17) is 5.26 Å². The van der Waals surface area contributed by atoms with Crippen LogP contribution in [0.1, 0.15) is 18.0 Å². The first kappa shape index (κ1) is 8.82. The molecule has 1 heterocycles. The molecule has 0 fully saturated rings. The molecule has 1 aromatic rings. The Bertz CT molecular complexity index is 256. The summed E-state index contributed by atoms with van der Waals surface area (Å²) in [4.78, 5) is 5.04. The number of hydrogen-bond donors (Lipinski definition) is 1. The minimum atomic E-state index is 0.209. The van der Waals surface area contributed by atoms with Gasteiger partial charge in [-0.15, -0.1) is 0 Å². The molecule has 0 spiro atoms. The molecule has 0 aliphatic rings. The number of nitriles is 1. The highest BCUT2D eigenvalue weighted by atomic mass is 15.1. The minimum Gasteiger partial charge on any atom is -0.367 e. The van der Waals surface area contributed by atoms with Crippen molar-refractivity contribution in [1.82, 2.24) is 9.88 Å². The highest BCUT2D eigenvalue weighted by Crippen LogP contribution is 2.20. The summed E-state index contributed by atoms with van der Waals surface area (Å²) in [5.74, 6) is 0. The summed E-state index contributed by atoms with van der Waals surface area (Å²) in [6.07, 6.45) is 4.34. The van der Waals surface area contributed by atoms with Gasteiger partial charge in [0.2, 0.25) is 0 Å². The predicted molar refractivity (Wildman–Crippen MR) is 47.5 cm³/mol. The van der Waals surface area contributed by atoms with Gasteiger partial charge in [-0.2, -0.15) is 5.26 Å². The molecule has 0 saturated carbocycles. The zero-order valence-electron chi connectivity index (χ0n) is 7.41. The van der Waals surface area contributed by atoms with Crippen LogP contribution in [0, 0.1) is 11.3 Å². The first-order valence-electron chi connectivity index (χ1n) is 3.91. The van der Waals surface area contributed by atoms with Crippen molar-refractivity contribution in [1.29, 1.82) is 5.26 Å². The topological polar surface area (TPSA) is 42.8 Å². The van der Waals surface area contributed by atoms with Gasteiger partial charge in [0.1, 0.15) is 0 Å².